The van der Waals surface area contributed by atoms with E-state index in [4.69, 9.17) is 16.0 Å². The van der Waals surface area contributed by atoms with E-state index in [0.717, 1.165) is 0 Å². The van der Waals surface area contributed by atoms with Crippen LogP contribution in [0, 0.1) is 0 Å². The fourth-order valence-electron chi connectivity index (χ4n) is 1.28. The summed E-state index contributed by atoms with van der Waals surface area (Å²) in [5, 5.41) is 9.39. The van der Waals surface area contributed by atoms with E-state index in [1.54, 1.807) is 6.92 Å². The van der Waals surface area contributed by atoms with E-state index >= 15 is 0 Å². The fraction of sp³-hybridized carbons (Fsp3) is 1.00. The van der Waals surface area contributed by atoms with Gasteiger partial charge in [-0.15, -0.1) is 0 Å². The minimum atomic E-state index is -4.32. The average Bonchev–Trinajstić information content (AvgIpc) is 2.42. The van der Waals surface area contributed by atoms with Gasteiger partial charge in [0.1, 0.15) is 0 Å². The quantitative estimate of drug-likeness (QED) is 0.445. The van der Waals surface area contributed by atoms with Gasteiger partial charge in [0, 0.05) is 0 Å². The molecule has 3 atom stereocenters. The second-order valence-corrected chi connectivity index (χ2v) is 4.53. The zero-order valence-corrected chi connectivity index (χ0v) is 8.21. The Morgan fingerprint density at radius 2 is 2.38 bits per heavy atom. The molecule has 0 unspecified atom stereocenters. The minimum absolute atomic E-state index is 0.0797. The number of ether oxygens (including phenoxy) is 1. The molecule has 0 spiro atoms. The molecule has 0 bridgehead atoms. The Labute approximate surface area is 77.9 Å². The van der Waals surface area contributed by atoms with Crippen LogP contribution in [0.4, 0.5) is 0 Å². The summed E-state index contributed by atoms with van der Waals surface area (Å²) in [4.78, 5) is 21.3. The first kappa shape index (κ1) is 9.73. The Hall–Kier alpha value is 0.190. The molecule has 1 rings (SSSR count). The molecule has 1 saturated heterocycles. The van der Waals surface area contributed by atoms with Crippen LogP contribution in [0.1, 0.15) is 13.3 Å². The van der Waals surface area contributed by atoms with Gasteiger partial charge in [0.25, 0.3) is 0 Å². The third kappa shape index (κ3) is 3.83. The van der Waals surface area contributed by atoms with Crippen LogP contribution in [0.3, 0.4) is 0 Å². The fourth-order valence-corrected chi connectivity index (χ4v) is 1.66. The van der Waals surface area contributed by atoms with Gasteiger partial charge in [0.05, 0.1) is 0 Å². The first-order valence-corrected chi connectivity index (χ1v) is 5.72. The van der Waals surface area contributed by atoms with Crippen molar-refractivity contribution in [3.8, 4) is 0 Å². The van der Waals surface area contributed by atoms with Gasteiger partial charge in [-0.1, -0.05) is 0 Å². The van der Waals surface area contributed by atoms with Crippen molar-refractivity contribution in [1.29, 1.82) is 1.43 Å². The monoisotopic (exact) mass is 215 g/mol. The molecular weight excluding hydrogens is 199 g/mol. The summed E-state index contributed by atoms with van der Waals surface area (Å²) in [6.45, 7) is 1.61. The predicted octanol–water partition coefficient (Wildman–Crippen LogP) is -1.07. The Morgan fingerprint density at radius 3 is 2.85 bits per heavy atom. The Balaban J connectivity index is 2.31. The van der Waals surface area contributed by atoms with Gasteiger partial charge in [-0.05, 0) is 0 Å². The topological polar surface area (TPSA) is 99.4 Å². The van der Waals surface area contributed by atoms with Crippen LogP contribution < -0.4 is 0 Å². The molecule has 13 heavy (non-hydrogen) atoms. The second-order valence-electron chi connectivity index (χ2n) is 3.15. The van der Waals surface area contributed by atoms with E-state index in [9.17, 15) is 5.11 Å². The van der Waals surface area contributed by atoms with E-state index in [1.165, 1.54) is 0 Å². The van der Waals surface area contributed by atoms with Gasteiger partial charge in [0.15, 0.2) is 0 Å². The van der Waals surface area contributed by atoms with E-state index < -0.39 is 20.4 Å². The van der Waals surface area contributed by atoms with E-state index in [2.05, 4.69) is 9.42 Å². The SMILES string of the molecule is [2H]O[PH](O)(O)OC[C@H]1O[C@@H](C)C[C@H]1O. The van der Waals surface area contributed by atoms with Gasteiger partial charge in [-0.3, -0.25) is 0 Å². The van der Waals surface area contributed by atoms with Crippen LogP contribution in [0.5, 0.6) is 0 Å². The Morgan fingerprint density at radius 1 is 1.69 bits per heavy atom. The molecule has 0 saturated carbocycles. The normalized spacial score (nSPS) is 37.5. The molecule has 6 nitrogen and oxygen atoms in total. The number of hydrogen-bond donors (Lipinski definition) is 4. The van der Waals surface area contributed by atoms with Gasteiger partial charge in [-0.2, -0.15) is 0 Å². The molecule has 80 valence electrons. The predicted molar refractivity (Wildman–Crippen MR) is 45.9 cm³/mol. The van der Waals surface area contributed by atoms with Crippen molar-refractivity contribution in [1.82, 2.24) is 0 Å². The molecule has 1 aliphatic heterocycles. The molecule has 1 fully saturated rings. The summed E-state index contributed by atoms with van der Waals surface area (Å²) in [7, 11) is -4.32. The van der Waals surface area contributed by atoms with Crippen molar-refractivity contribution in [2.75, 3.05) is 6.61 Å². The van der Waals surface area contributed by atoms with Crippen LogP contribution in [0.15, 0.2) is 0 Å². The van der Waals surface area contributed by atoms with Gasteiger partial charge in [0.2, 0.25) is 0 Å². The molecule has 1 aliphatic rings. The van der Waals surface area contributed by atoms with Crippen molar-refractivity contribution in [3.05, 3.63) is 0 Å². The molecular formula is C6H15O6P. The Kier molecular flexibility index (Phi) is 3.10. The summed E-state index contributed by atoms with van der Waals surface area (Å²) in [5.41, 5.74) is 0. The van der Waals surface area contributed by atoms with Crippen molar-refractivity contribution in [3.63, 3.8) is 0 Å². The van der Waals surface area contributed by atoms with Crippen LogP contribution in [0.2, 0.25) is 0 Å². The van der Waals surface area contributed by atoms with E-state index in [1.807, 2.05) is 0 Å². The number of aliphatic hydroxyl groups is 1. The van der Waals surface area contributed by atoms with Gasteiger partial charge >= 0.3 is 76.9 Å². The van der Waals surface area contributed by atoms with Crippen LogP contribution in [-0.4, -0.2) is 46.1 Å². The third-order valence-electron chi connectivity index (χ3n) is 1.85. The zero-order chi connectivity index (χ0) is 10.8. The Bertz CT molecular complexity index is 191. The van der Waals surface area contributed by atoms with Crippen molar-refractivity contribution >= 4 is 8.17 Å². The summed E-state index contributed by atoms with van der Waals surface area (Å²) < 4.78 is 16.1. The zero-order valence-electron chi connectivity index (χ0n) is 8.21. The molecule has 0 aliphatic carbocycles. The standard InChI is InChI=1S/C6H15O6P/c1-4-2-5(7)6(12-4)3-11-13(8,9)10/h4-10,13H,2-3H2,1H3/t4-,5+,6+/m0/s1/i8D. The maximum absolute atomic E-state index is 9.39. The van der Waals surface area contributed by atoms with Crippen LogP contribution in [-0.2, 0) is 9.26 Å². The first-order valence-electron chi connectivity index (χ1n) is 4.42. The molecule has 1 heterocycles. The number of hydrogen-bond acceptors (Lipinski definition) is 6. The van der Waals surface area contributed by atoms with Crippen molar-refractivity contribution < 1.29 is 29.0 Å². The molecule has 0 radical (unpaired) electrons. The van der Waals surface area contributed by atoms with Gasteiger partial charge in [-0.25, -0.2) is 0 Å². The molecule has 7 heteroatoms. The summed E-state index contributed by atoms with van der Waals surface area (Å²) >= 11 is 0. The number of aliphatic hydroxyl groups excluding tert-OH is 1. The average molecular weight is 215 g/mol. The van der Waals surface area contributed by atoms with Crippen LogP contribution in [0.25, 0.3) is 0 Å². The third-order valence-corrected chi connectivity index (χ3v) is 2.39. The first-order chi connectivity index (χ1) is 6.44. The summed E-state index contributed by atoms with van der Waals surface area (Å²) in [5.74, 6) is 0. The van der Waals surface area contributed by atoms with E-state index in [-0.39, 0.29) is 12.7 Å². The molecule has 4 N–H and O–H groups in total. The molecule has 0 aromatic heterocycles. The van der Waals surface area contributed by atoms with Crippen molar-refractivity contribution in [2.24, 2.45) is 0 Å². The van der Waals surface area contributed by atoms with E-state index in [0.29, 0.717) is 6.42 Å². The molecule has 0 amide bonds. The summed E-state index contributed by atoms with van der Waals surface area (Å²) in [6, 6.07) is 0. The van der Waals surface area contributed by atoms with Crippen molar-refractivity contribution in [2.45, 2.75) is 31.7 Å². The maximum atomic E-state index is 9.39. The molecule has 0 aromatic carbocycles. The number of rotatable bonds is 4. The second kappa shape index (κ2) is 4.14. The van der Waals surface area contributed by atoms with Crippen LogP contribution >= 0.6 is 8.17 Å². The summed E-state index contributed by atoms with van der Waals surface area (Å²) in [6.07, 6.45) is -0.864. The van der Waals surface area contributed by atoms with Gasteiger partial charge < -0.3 is 0 Å². The molecule has 0 aromatic rings.